The van der Waals surface area contributed by atoms with Gasteiger partial charge in [-0.15, -0.1) is 0 Å². The normalized spacial score (nSPS) is 18.0. The molecule has 22 heavy (non-hydrogen) atoms. The summed E-state index contributed by atoms with van der Waals surface area (Å²) in [4.78, 5) is 12.6. The molecule has 0 saturated carbocycles. The summed E-state index contributed by atoms with van der Waals surface area (Å²) in [6.45, 7) is 0.985. The highest BCUT2D eigenvalue weighted by Gasteiger charge is 2.45. The molecule has 0 bridgehead atoms. The molecule has 1 saturated heterocycles. The van der Waals surface area contributed by atoms with E-state index in [-0.39, 0.29) is 12.1 Å². The number of halogens is 4. The molecular weight excluding hydrogens is 302 g/mol. The highest BCUT2D eigenvalue weighted by atomic mass is 19.4. The van der Waals surface area contributed by atoms with Gasteiger partial charge >= 0.3 is 12.1 Å². The molecule has 1 aromatic carbocycles. The van der Waals surface area contributed by atoms with Gasteiger partial charge in [-0.25, -0.2) is 9.18 Å². The molecule has 0 aliphatic carbocycles. The summed E-state index contributed by atoms with van der Waals surface area (Å²) in [5.41, 5.74) is -0.220. The lowest BCUT2D eigenvalue weighted by Gasteiger charge is -2.28. The van der Waals surface area contributed by atoms with Crippen LogP contribution in [-0.4, -0.2) is 37.9 Å². The Morgan fingerprint density at radius 1 is 1.23 bits per heavy atom. The molecule has 122 valence electrons. The predicted molar refractivity (Wildman–Crippen MR) is 71.1 cm³/mol. The van der Waals surface area contributed by atoms with Crippen molar-refractivity contribution in [2.45, 2.75) is 31.5 Å². The zero-order chi connectivity index (χ0) is 16.2. The summed E-state index contributed by atoms with van der Waals surface area (Å²) in [5, 5.41) is 0. The first kappa shape index (κ1) is 16.7. The molecule has 2 rings (SSSR count). The standard InChI is InChI=1S/C15H17F4NO2/c16-12-6-4-5-11(9-12)14(21)22-13(15(17,18)19)10-20-7-2-1-3-8-20/h4-6,9,13H,1-3,7-8,10H2/p+1/t13-/m0/s1. The van der Waals surface area contributed by atoms with Crippen LogP contribution in [0.2, 0.25) is 0 Å². The van der Waals surface area contributed by atoms with Crippen LogP contribution in [0.15, 0.2) is 24.3 Å². The molecular formula is C15H18F4NO2+. The molecule has 1 atom stereocenters. The van der Waals surface area contributed by atoms with Crippen molar-refractivity contribution in [2.75, 3.05) is 19.6 Å². The summed E-state index contributed by atoms with van der Waals surface area (Å²) in [6.07, 6.45) is -4.04. The van der Waals surface area contributed by atoms with E-state index in [0.717, 1.165) is 36.3 Å². The second-order valence-corrected chi connectivity index (χ2v) is 5.46. The lowest BCUT2D eigenvalue weighted by atomic mass is 10.1. The smallest absolute Gasteiger partial charge is 0.431 e. The van der Waals surface area contributed by atoms with Gasteiger partial charge in [0.25, 0.3) is 0 Å². The van der Waals surface area contributed by atoms with Crippen LogP contribution in [0.25, 0.3) is 0 Å². The molecule has 3 nitrogen and oxygen atoms in total. The molecule has 1 fully saturated rings. The largest absolute Gasteiger partial charge is 0.443 e. The number of ether oxygens (including phenoxy) is 1. The molecule has 1 aliphatic rings. The van der Waals surface area contributed by atoms with Gasteiger partial charge in [-0.2, -0.15) is 13.2 Å². The van der Waals surface area contributed by atoms with Gasteiger partial charge in [0.2, 0.25) is 6.10 Å². The average Bonchev–Trinajstić information content (AvgIpc) is 2.46. The molecule has 1 aromatic rings. The highest BCUT2D eigenvalue weighted by molar-refractivity contribution is 5.89. The highest BCUT2D eigenvalue weighted by Crippen LogP contribution is 2.23. The molecule has 1 heterocycles. The first-order valence-electron chi connectivity index (χ1n) is 7.23. The van der Waals surface area contributed by atoms with Crippen molar-refractivity contribution in [3.63, 3.8) is 0 Å². The molecule has 0 aromatic heterocycles. The Bertz CT molecular complexity index is 513. The van der Waals surface area contributed by atoms with Crippen molar-refractivity contribution in [1.29, 1.82) is 0 Å². The van der Waals surface area contributed by atoms with Crippen molar-refractivity contribution in [3.05, 3.63) is 35.6 Å². The first-order chi connectivity index (χ1) is 10.4. The van der Waals surface area contributed by atoms with Crippen molar-refractivity contribution in [1.82, 2.24) is 0 Å². The number of esters is 1. The molecule has 0 radical (unpaired) electrons. The summed E-state index contributed by atoms with van der Waals surface area (Å²) in [5.74, 6) is -1.85. The van der Waals surface area contributed by atoms with E-state index < -0.39 is 24.1 Å². The Hall–Kier alpha value is -1.63. The fraction of sp³-hybridized carbons (Fsp3) is 0.533. The van der Waals surface area contributed by atoms with Gasteiger partial charge in [0.05, 0.1) is 18.7 Å². The van der Waals surface area contributed by atoms with Crippen LogP contribution in [0.4, 0.5) is 17.6 Å². The zero-order valence-electron chi connectivity index (χ0n) is 12.0. The number of benzene rings is 1. The van der Waals surface area contributed by atoms with Gasteiger partial charge < -0.3 is 9.64 Å². The van der Waals surface area contributed by atoms with Crippen molar-refractivity contribution in [2.24, 2.45) is 0 Å². The van der Waals surface area contributed by atoms with Gasteiger partial charge in [-0.05, 0) is 37.5 Å². The Morgan fingerprint density at radius 2 is 1.91 bits per heavy atom. The number of piperidine rings is 1. The van der Waals surface area contributed by atoms with Crippen LogP contribution in [0.3, 0.4) is 0 Å². The van der Waals surface area contributed by atoms with E-state index in [4.69, 9.17) is 0 Å². The van der Waals surface area contributed by atoms with E-state index in [1.54, 1.807) is 0 Å². The van der Waals surface area contributed by atoms with Crippen LogP contribution in [0.1, 0.15) is 29.6 Å². The molecule has 0 unspecified atom stereocenters. The lowest BCUT2D eigenvalue weighted by molar-refractivity contribution is -0.909. The maximum Gasteiger partial charge on any atom is 0.431 e. The molecule has 1 N–H and O–H groups in total. The minimum Gasteiger partial charge on any atom is -0.443 e. The number of nitrogens with one attached hydrogen (secondary N) is 1. The number of hydrogen-bond donors (Lipinski definition) is 1. The van der Waals surface area contributed by atoms with Gasteiger partial charge in [0.1, 0.15) is 12.4 Å². The quantitative estimate of drug-likeness (QED) is 0.679. The van der Waals surface area contributed by atoms with E-state index in [2.05, 4.69) is 4.74 Å². The van der Waals surface area contributed by atoms with E-state index in [9.17, 15) is 22.4 Å². The van der Waals surface area contributed by atoms with Crippen LogP contribution in [0, 0.1) is 5.82 Å². The van der Waals surface area contributed by atoms with E-state index in [1.807, 2.05) is 0 Å². The minimum atomic E-state index is -4.63. The van der Waals surface area contributed by atoms with Crippen LogP contribution >= 0.6 is 0 Å². The van der Waals surface area contributed by atoms with Crippen LogP contribution in [-0.2, 0) is 4.74 Å². The van der Waals surface area contributed by atoms with Crippen LogP contribution < -0.4 is 4.90 Å². The second-order valence-electron chi connectivity index (χ2n) is 5.46. The molecule has 7 heteroatoms. The third kappa shape index (κ3) is 4.69. The first-order valence-corrected chi connectivity index (χ1v) is 7.23. The van der Waals surface area contributed by atoms with Gasteiger partial charge in [0.15, 0.2) is 0 Å². The maximum atomic E-state index is 13.1. The van der Waals surface area contributed by atoms with Gasteiger partial charge in [-0.3, -0.25) is 0 Å². The number of rotatable bonds is 4. The Balaban J connectivity index is 2.04. The summed E-state index contributed by atoms with van der Waals surface area (Å²) >= 11 is 0. The maximum absolute atomic E-state index is 13.1. The number of alkyl halides is 3. The number of carbonyl (C=O) groups excluding carboxylic acids is 1. The summed E-state index contributed by atoms with van der Waals surface area (Å²) in [7, 11) is 0. The lowest BCUT2D eigenvalue weighted by Crippen LogP contribution is -3.14. The predicted octanol–water partition coefficient (Wildman–Crippen LogP) is 1.98. The Labute approximate surface area is 125 Å². The Kier molecular flexibility index (Phi) is 5.39. The SMILES string of the molecule is O=C(O[C@@H](C[NH+]1CCCCC1)C(F)(F)F)c1cccc(F)c1. The van der Waals surface area contributed by atoms with Gasteiger partial charge in [0, 0.05) is 0 Å². The second kappa shape index (κ2) is 7.09. The van der Waals surface area contributed by atoms with E-state index in [0.29, 0.717) is 13.1 Å². The number of quaternary nitrogens is 1. The summed E-state index contributed by atoms with van der Waals surface area (Å²) in [6, 6.07) is 4.45. The number of hydrogen-bond acceptors (Lipinski definition) is 2. The number of likely N-dealkylation sites (tertiary alicyclic amines) is 1. The van der Waals surface area contributed by atoms with Crippen LogP contribution in [0.5, 0.6) is 0 Å². The third-order valence-corrected chi connectivity index (χ3v) is 3.71. The van der Waals surface area contributed by atoms with E-state index >= 15 is 0 Å². The summed E-state index contributed by atoms with van der Waals surface area (Å²) < 4.78 is 56.8. The average molecular weight is 320 g/mol. The molecule has 1 aliphatic heterocycles. The fourth-order valence-corrected chi connectivity index (χ4v) is 2.55. The van der Waals surface area contributed by atoms with Crippen molar-refractivity contribution >= 4 is 5.97 Å². The van der Waals surface area contributed by atoms with E-state index in [1.165, 1.54) is 12.1 Å². The number of carbonyl (C=O) groups is 1. The fourth-order valence-electron chi connectivity index (χ4n) is 2.55. The van der Waals surface area contributed by atoms with Crippen molar-refractivity contribution in [3.8, 4) is 0 Å². The van der Waals surface area contributed by atoms with Crippen molar-refractivity contribution < 1.29 is 32.0 Å². The topological polar surface area (TPSA) is 30.7 Å². The zero-order valence-corrected chi connectivity index (χ0v) is 12.0. The molecule has 0 spiro atoms. The third-order valence-electron chi connectivity index (χ3n) is 3.71. The minimum absolute atomic E-state index is 0.220. The van der Waals surface area contributed by atoms with Gasteiger partial charge in [-0.1, -0.05) is 6.07 Å². The molecule has 0 amide bonds. The Morgan fingerprint density at radius 3 is 2.50 bits per heavy atom. The monoisotopic (exact) mass is 320 g/mol.